The maximum atomic E-state index is 13.0. The first kappa shape index (κ1) is 14.0. The highest BCUT2D eigenvalue weighted by molar-refractivity contribution is 6.42. The second-order valence-corrected chi connectivity index (χ2v) is 4.79. The summed E-state index contributed by atoms with van der Waals surface area (Å²) in [6.07, 6.45) is 0.0436. The minimum Gasteiger partial charge on any atom is -0.294 e. The van der Waals surface area contributed by atoms with Crippen LogP contribution < -0.4 is 0 Å². The number of ketones is 1. The van der Waals surface area contributed by atoms with Crippen LogP contribution in [0.25, 0.3) is 0 Å². The molecule has 0 N–H and O–H groups in total. The average molecular weight is 301 g/mol. The third-order valence-electron chi connectivity index (χ3n) is 2.59. The largest absolute Gasteiger partial charge is 0.294 e. The summed E-state index contributed by atoms with van der Waals surface area (Å²) in [6.45, 7) is 0. The molecule has 0 aliphatic carbocycles. The molecule has 2 aromatic rings. The number of Topliss-reactive ketones (excluding diaryl/α,β-unsaturated/α-hetero) is 1. The quantitative estimate of drug-likeness (QED) is 0.751. The first-order chi connectivity index (χ1) is 8.97. The van der Waals surface area contributed by atoms with Crippen LogP contribution in [0.15, 0.2) is 36.4 Å². The van der Waals surface area contributed by atoms with E-state index in [2.05, 4.69) is 0 Å². The Morgan fingerprint density at radius 1 is 0.947 bits per heavy atom. The van der Waals surface area contributed by atoms with E-state index in [4.69, 9.17) is 23.2 Å². The molecule has 0 saturated carbocycles. The number of benzene rings is 2. The molecule has 0 aliphatic heterocycles. The van der Waals surface area contributed by atoms with Gasteiger partial charge >= 0.3 is 0 Å². The van der Waals surface area contributed by atoms with Gasteiger partial charge in [0, 0.05) is 12.0 Å². The highest BCUT2D eigenvalue weighted by Crippen LogP contribution is 2.23. The van der Waals surface area contributed by atoms with Crippen LogP contribution in [0.4, 0.5) is 8.78 Å². The molecule has 0 heterocycles. The van der Waals surface area contributed by atoms with Crippen LogP contribution in [0.3, 0.4) is 0 Å². The zero-order chi connectivity index (χ0) is 14.0. The maximum absolute atomic E-state index is 13.0. The number of carbonyl (C=O) groups excluding carboxylic acids is 1. The van der Waals surface area contributed by atoms with Crippen molar-refractivity contribution < 1.29 is 13.6 Å². The highest BCUT2D eigenvalue weighted by atomic mass is 35.5. The molecule has 98 valence electrons. The summed E-state index contributed by atoms with van der Waals surface area (Å²) in [5.41, 5.74) is 0.772. The minimum absolute atomic E-state index is 0.0436. The molecule has 0 aromatic heterocycles. The second kappa shape index (κ2) is 5.68. The normalized spacial score (nSPS) is 10.5. The van der Waals surface area contributed by atoms with E-state index in [0.717, 1.165) is 12.1 Å². The standard InChI is InChI=1S/C14H8Cl2F2O/c15-10-3-1-8(5-11(10)16)6-14(19)9-2-4-12(17)13(18)7-9/h1-5,7H,6H2. The van der Waals surface area contributed by atoms with Crippen molar-refractivity contribution in [2.75, 3.05) is 0 Å². The summed E-state index contributed by atoms with van der Waals surface area (Å²) in [5, 5.41) is 0.739. The van der Waals surface area contributed by atoms with Gasteiger partial charge in [-0.25, -0.2) is 8.78 Å². The molecule has 2 aromatic carbocycles. The van der Waals surface area contributed by atoms with E-state index in [0.29, 0.717) is 15.6 Å². The molecular weight excluding hydrogens is 293 g/mol. The Hall–Kier alpha value is -1.45. The Kier molecular flexibility index (Phi) is 4.17. The predicted octanol–water partition coefficient (Wildman–Crippen LogP) is 4.70. The number of hydrogen-bond donors (Lipinski definition) is 0. The van der Waals surface area contributed by atoms with Crippen molar-refractivity contribution in [2.24, 2.45) is 0 Å². The van der Waals surface area contributed by atoms with Gasteiger partial charge in [-0.2, -0.15) is 0 Å². The lowest BCUT2D eigenvalue weighted by molar-refractivity contribution is 0.0992. The van der Waals surface area contributed by atoms with Crippen molar-refractivity contribution in [3.05, 3.63) is 69.2 Å². The van der Waals surface area contributed by atoms with Crippen LogP contribution in [0.1, 0.15) is 15.9 Å². The Morgan fingerprint density at radius 3 is 2.32 bits per heavy atom. The van der Waals surface area contributed by atoms with Crippen molar-refractivity contribution in [3.8, 4) is 0 Å². The van der Waals surface area contributed by atoms with Crippen LogP contribution in [0.5, 0.6) is 0 Å². The molecule has 2 rings (SSSR count). The molecule has 0 amide bonds. The van der Waals surface area contributed by atoms with E-state index in [9.17, 15) is 13.6 Å². The van der Waals surface area contributed by atoms with E-state index in [1.54, 1.807) is 18.2 Å². The molecule has 1 nitrogen and oxygen atoms in total. The number of hydrogen-bond acceptors (Lipinski definition) is 1. The number of halogens is 4. The first-order valence-electron chi connectivity index (χ1n) is 5.39. The zero-order valence-electron chi connectivity index (χ0n) is 9.59. The van der Waals surface area contributed by atoms with Gasteiger partial charge in [0.25, 0.3) is 0 Å². The molecule has 0 saturated heterocycles. The number of carbonyl (C=O) groups is 1. The maximum Gasteiger partial charge on any atom is 0.167 e. The van der Waals surface area contributed by atoms with Gasteiger partial charge in [-0.1, -0.05) is 29.3 Å². The summed E-state index contributed by atoms with van der Waals surface area (Å²) in [4.78, 5) is 11.9. The summed E-state index contributed by atoms with van der Waals surface area (Å²) < 4.78 is 25.8. The van der Waals surface area contributed by atoms with Crippen LogP contribution in [0, 0.1) is 11.6 Å². The van der Waals surface area contributed by atoms with Crippen LogP contribution in [-0.4, -0.2) is 5.78 Å². The summed E-state index contributed by atoms with van der Waals surface area (Å²) in [7, 11) is 0. The van der Waals surface area contributed by atoms with Crippen molar-refractivity contribution in [1.82, 2.24) is 0 Å². The SMILES string of the molecule is O=C(Cc1ccc(Cl)c(Cl)c1)c1ccc(F)c(F)c1. The molecule has 5 heteroatoms. The van der Waals surface area contributed by atoms with Gasteiger partial charge in [-0.15, -0.1) is 0 Å². The van der Waals surface area contributed by atoms with Gasteiger partial charge in [0.1, 0.15) is 0 Å². The third-order valence-corrected chi connectivity index (χ3v) is 3.33. The monoisotopic (exact) mass is 300 g/mol. The van der Waals surface area contributed by atoms with Gasteiger partial charge in [0.2, 0.25) is 0 Å². The lowest BCUT2D eigenvalue weighted by Gasteiger charge is -2.04. The molecule has 0 fully saturated rings. The highest BCUT2D eigenvalue weighted by Gasteiger charge is 2.11. The summed E-state index contributed by atoms with van der Waals surface area (Å²) >= 11 is 11.6. The fourth-order valence-electron chi connectivity index (χ4n) is 1.61. The summed E-state index contributed by atoms with van der Waals surface area (Å²) in [5.74, 6) is -2.34. The van der Waals surface area contributed by atoms with Crippen molar-refractivity contribution in [1.29, 1.82) is 0 Å². The molecule has 0 radical (unpaired) electrons. The van der Waals surface area contributed by atoms with Gasteiger partial charge in [-0.3, -0.25) is 4.79 Å². The molecule has 0 bridgehead atoms. The lowest BCUT2D eigenvalue weighted by atomic mass is 10.0. The second-order valence-electron chi connectivity index (χ2n) is 3.98. The van der Waals surface area contributed by atoms with Crippen LogP contribution in [-0.2, 0) is 6.42 Å². The van der Waals surface area contributed by atoms with E-state index < -0.39 is 11.6 Å². The van der Waals surface area contributed by atoms with Crippen molar-refractivity contribution in [3.63, 3.8) is 0 Å². The number of rotatable bonds is 3. The van der Waals surface area contributed by atoms with Crippen LogP contribution >= 0.6 is 23.2 Å². The zero-order valence-corrected chi connectivity index (χ0v) is 11.1. The fourth-order valence-corrected chi connectivity index (χ4v) is 1.93. The molecular formula is C14H8Cl2F2O. The molecule has 0 aliphatic rings. The first-order valence-corrected chi connectivity index (χ1v) is 6.15. The van der Waals surface area contributed by atoms with Gasteiger partial charge in [0.05, 0.1) is 10.0 Å². The fraction of sp³-hybridized carbons (Fsp3) is 0.0714. The van der Waals surface area contributed by atoms with E-state index in [1.807, 2.05) is 0 Å². The van der Waals surface area contributed by atoms with Gasteiger partial charge < -0.3 is 0 Å². The average Bonchev–Trinajstić information content (AvgIpc) is 2.37. The smallest absolute Gasteiger partial charge is 0.167 e. The van der Waals surface area contributed by atoms with Gasteiger partial charge in [0.15, 0.2) is 17.4 Å². The third kappa shape index (κ3) is 3.31. The van der Waals surface area contributed by atoms with Gasteiger partial charge in [-0.05, 0) is 35.9 Å². The van der Waals surface area contributed by atoms with Crippen molar-refractivity contribution >= 4 is 29.0 Å². The Morgan fingerprint density at radius 2 is 1.68 bits per heavy atom. The lowest BCUT2D eigenvalue weighted by Crippen LogP contribution is -2.04. The Bertz CT molecular complexity index is 641. The molecule has 0 spiro atoms. The van der Waals surface area contributed by atoms with Crippen LogP contribution in [0.2, 0.25) is 10.0 Å². The Labute approximate surface area is 118 Å². The van der Waals surface area contributed by atoms with Crippen molar-refractivity contribution in [2.45, 2.75) is 6.42 Å². The van der Waals surface area contributed by atoms with E-state index in [-0.39, 0.29) is 17.8 Å². The summed E-state index contributed by atoms with van der Waals surface area (Å²) in [6, 6.07) is 7.87. The molecule has 19 heavy (non-hydrogen) atoms. The molecule has 0 unspecified atom stereocenters. The van der Waals surface area contributed by atoms with E-state index >= 15 is 0 Å². The minimum atomic E-state index is -1.04. The van der Waals surface area contributed by atoms with E-state index in [1.165, 1.54) is 6.07 Å². The predicted molar refractivity (Wildman–Crippen MR) is 70.9 cm³/mol. The molecule has 0 atom stereocenters. The Balaban J connectivity index is 2.20. The topological polar surface area (TPSA) is 17.1 Å².